The number of aliphatic hydroxyl groups is 3. The van der Waals surface area contributed by atoms with Gasteiger partial charge >= 0.3 is 0 Å². The van der Waals surface area contributed by atoms with E-state index in [1.165, 1.54) is 11.0 Å². The van der Waals surface area contributed by atoms with Crippen molar-refractivity contribution in [3.63, 3.8) is 0 Å². The summed E-state index contributed by atoms with van der Waals surface area (Å²) >= 11 is 0. The number of phenols is 1. The molecule has 4 atom stereocenters. The molecule has 0 aromatic heterocycles. The van der Waals surface area contributed by atoms with Crippen LogP contribution in [0.2, 0.25) is 0 Å². The Bertz CT molecular complexity index is 1570. The smallest absolute Gasteiger partial charge is 0.254 e. The van der Waals surface area contributed by atoms with Gasteiger partial charge in [-0.1, -0.05) is 37.3 Å². The zero-order valence-corrected chi connectivity index (χ0v) is 24.4. The average molecular weight is 593 g/mol. The van der Waals surface area contributed by atoms with E-state index in [1.54, 1.807) is 14.1 Å². The van der Waals surface area contributed by atoms with Gasteiger partial charge < -0.3 is 31.6 Å². The lowest BCUT2D eigenvalue weighted by molar-refractivity contribution is -0.138. The molecular weight excluding hydrogens is 555 g/mol. The molecule has 11 heteroatoms. The number of benzene rings is 2. The number of aromatic hydroxyl groups is 1. The monoisotopic (exact) mass is 592 g/mol. The Morgan fingerprint density at radius 3 is 2.47 bits per heavy atom. The minimum absolute atomic E-state index is 0.0228. The first-order valence-electron chi connectivity index (χ1n) is 14.3. The maximum Gasteiger partial charge on any atom is 0.254 e. The van der Waals surface area contributed by atoms with Gasteiger partial charge in [0.25, 0.3) is 5.91 Å². The Labute approximate surface area is 249 Å². The number of carbonyl (C=O) groups excluding carboxylic acids is 2. The molecule has 7 N–H and O–H groups in total. The summed E-state index contributed by atoms with van der Waals surface area (Å²) < 4.78 is 16.2. The lowest BCUT2D eigenvalue weighted by Crippen LogP contribution is -2.67. The van der Waals surface area contributed by atoms with Gasteiger partial charge in [0.15, 0.2) is 5.60 Å². The number of Topliss-reactive ketones (excluding diaryl/α,β-unsaturated/α-hetero) is 1. The van der Waals surface area contributed by atoms with E-state index < -0.39 is 69.5 Å². The summed E-state index contributed by atoms with van der Waals surface area (Å²) in [6.45, 7) is 3.48. The number of rotatable bonds is 8. The number of fused-ring (bicyclic) bond motifs is 3. The van der Waals surface area contributed by atoms with Gasteiger partial charge in [0.2, 0.25) is 5.78 Å². The molecule has 0 bridgehead atoms. The second-order valence-corrected chi connectivity index (χ2v) is 11.8. The predicted octanol–water partition coefficient (Wildman–Crippen LogP) is 2.62. The van der Waals surface area contributed by atoms with Crippen molar-refractivity contribution in [2.24, 2.45) is 17.6 Å². The maximum atomic E-state index is 16.2. The fourth-order valence-corrected chi connectivity index (χ4v) is 7.04. The van der Waals surface area contributed by atoms with Crippen LogP contribution in [0.25, 0.3) is 5.76 Å². The van der Waals surface area contributed by atoms with Crippen molar-refractivity contribution in [3.8, 4) is 5.75 Å². The average Bonchev–Trinajstić information content (AvgIpc) is 2.95. The Hall–Kier alpha value is -4.06. The van der Waals surface area contributed by atoms with Gasteiger partial charge in [0, 0.05) is 35.7 Å². The minimum atomic E-state index is -2.59. The molecule has 1 saturated carbocycles. The van der Waals surface area contributed by atoms with Gasteiger partial charge in [-0.3, -0.25) is 19.4 Å². The number of primary amides is 1. The Balaban J connectivity index is 1.53. The van der Waals surface area contributed by atoms with Crippen LogP contribution in [0, 0.1) is 23.1 Å². The molecule has 10 nitrogen and oxygen atoms in total. The van der Waals surface area contributed by atoms with Gasteiger partial charge in [0.05, 0.1) is 17.3 Å². The number of nitrogens with zero attached hydrogens (tertiary/aromatic N) is 2. The van der Waals surface area contributed by atoms with Crippen molar-refractivity contribution >= 4 is 23.2 Å². The molecule has 1 amide bonds. The highest BCUT2D eigenvalue weighted by atomic mass is 19.1. The molecule has 2 aromatic carbocycles. The number of nitrogens with two attached hydrogens (primary N) is 1. The lowest BCUT2D eigenvalue weighted by atomic mass is 9.57. The second-order valence-electron chi connectivity index (χ2n) is 11.8. The molecule has 43 heavy (non-hydrogen) atoms. The summed E-state index contributed by atoms with van der Waals surface area (Å²) in [6.07, 6.45) is 0.678. The number of carbonyl (C=O) groups is 2. The summed E-state index contributed by atoms with van der Waals surface area (Å²) in [5.74, 6) is -6.30. The first-order chi connectivity index (χ1) is 20.3. The molecule has 0 spiro atoms. The number of halogens is 1. The molecule has 2 aromatic rings. The third-order valence-electron chi connectivity index (χ3n) is 9.18. The molecule has 0 heterocycles. The highest BCUT2D eigenvalue weighted by Gasteiger charge is 2.63. The molecule has 3 aliphatic carbocycles. The van der Waals surface area contributed by atoms with Crippen molar-refractivity contribution in [1.82, 2.24) is 9.80 Å². The van der Waals surface area contributed by atoms with E-state index in [9.17, 15) is 30.0 Å². The van der Waals surface area contributed by atoms with Gasteiger partial charge in [-0.15, -0.1) is 0 Å². The zero-order valence-electron chi connectivity index (χ0n) is 24.4. The third kappa shape index (κ3) is 4.81. The molecule has 1 fully saturated rings. The topological polar surface area (TPSA) is 171 Å². The van der Waals surface area contributed by atoms with E-state index in [4.69, 9.17) is 11.1 Å². The van der Waals surface area contributed by atoms with Crippen LogP contribution in [0.3, 0.4) is 0 Å². The van der Waals surface area contributed by atoms with Crippen LogP contribution >= 0.6 is 0 Å². The first kappa shape index (κ1) is 30.4. The van der Waals surface area contributed by atoms with Crippen LogP contribution in [-0.4, -0.2) is 86.5 Å². The Kier molecular flexibility index (Phi) is 7.93. The van der Waals surface area contributed by atoms with Gasteiger partial charge in [-0.2, -0.15) is 0 Å². The highest BCUT2D eigenvalue weighted by Crippen LogP contribution is 2.52. The number of ketones is 1. The van der Waals surface area contributed by atoms with E-state index in [0.717, 1.165) is 12.0 Å². The van der Waals surface area contributed by atoms with Gasteiger partial charge in [-0.05, 0) is 57.5 Å². The van der Waals surface area contributed by atoms with Crippen LogP contribution in [-0.2, 0) is 29.0 Å². The number of likely N-dealkylation sites (N-methyl/N-ethyl adjacent to an activating group) is 2. The second kappa shape index (κ2) is 11.2. The van der Waals surface area contributed by atoms with Crippen molar-refractivity contribution in [3.05, 3.63) is 81.4 Å². The van der Waals surface area contributed by atoms with Crippen LogP contribution in [0.4, 0.5) is 4.39 Å². The highest BCUT2D eigenvalue weighted by molar-refractivity contribution is 6.33. The number of aliphatic hydroxyl groups excluding tert-OH is 2. The van der Waals surface area contributed by atoms with Crippen molar-refractivity contribution in [1.29, 1.82) is 5.41 Å². The number of nitrogens with one attached hydrogen (secondary N) is 1. The molecule has 3 aliphatic rings. The molecular formula is C32H37FN4O6. The molecule has 228 valence electrons. The van der Waals surface area contributed by atoms with E-state index in [-0.39, 0.29) is 41.6 Å². The summed E-state index contributed by atoms with van der Waals surface area (Å²) in [5.41, 5.74) is 2.31. The molecule has 5 rings (SSSR count). The molecule has 0 saturated heterocycles. The van der Waals surface area contributed by atoms with Crippen LogP contribution in [0.1, 0.15) is 35.6 Å². The fraction of sp³-hybridized carbons (Fsp3) is 0.406. The normalized spacial score (nSPS) is 25.2. The zero-order chi connectivity index (χ0) is 31.4. The largest absolute Gasteiger partial charge is 0.510 e. The molecule has 0 radical (unpaired) electrons. The van der Waals surface area contributed by atoms with Crippen molar-refractivity contribution < 1.29 is 34.4 Å². The minimum Gasteiger partial charge on any atom is -0.510 e. The van der Waals surface area contributed by atoms with E-state index in [2.05, 4.69) is 0 Å². The number of hydrogen-bond acceptors (Lipinski definition) is 9. The van der Waals surface area contributed by atoms with Crippen molar-refractivity contribution in [2.45, 2.75) is 44.4 Å². The Morgan fingerprint density at radius 2 is 1.86 bits per heavy atom. The summed E-state index contributed by atoms with van der Waals surface area (Å²) in [5, 5.41) is 53.6. The van der Waals surface area contributed by atoms with Crippen LogP contribution in [0.15, 0.2) is 53.3 Å². The lowest BCUT2D eigenvalue weighted by Gasteiger charge is -2.51. The first-order valence-corrected chi connectivity index (χ1v) is 14.3. The van der Waals surface area contributed by atoms with E-state index >= 15 is 4.39 Å². The maximum absolute atomic E-state index is 16.2. The predicted molar refractivity (Wildman–Crippen MR) is 158 cm³/mol. The van der Waals surface area contributed by atoms with E-state index in [0.29, 0.717) is 13.1 Å². The molecule has 0 aliphatic heterocycles. The fourth-order valence-electron chi connectivity index (χ4n) is 7.04. The summed E-state index contributed by atoms with van der Waals surface area (Å²) in [7, 11) is 3.17. The van der Waals surface area contributed by atoms with Gasteiger partial charge in [0.1, 0.15) is 28.7 Å². The van der Waals surface area contributed by atoms with Gasteiger partial charge in [-0.25, -0.2) is 4.39 Å². The quantitative estimate of drug-likeness (QED) is 0.272. The van der Waals surface area contributed by atoms with Crippen LogP contribution in [0.5, 0.6) is 5.75 Å². The van der Waals surface area contributed by atoms with Crippen LogP contribution < -0.4 is 5.73 Å². The standard InChI is InChI=1S/C32H37FN4O6/c1-4-37(11-10-16-8-6-5-7-9-16)15-18-14-21(38)23-19(25(18)33)12-17-13-20-26(36(2)3)28(40)24(31(35)42)29(34)32(20,43)30(41)22(17)27(23)39/h5-9,14,17,20,26,34,38-40,43H,4,10-13,15H2,1-3H3,(H2,35,42)/t17-,20-,26-,32+/m0/s1. The van der Waals surface area contributed by atoms with E-state index in [1.807, 2.05) is 42.2 Å². The number of phenolic OH excluding ortho intramolecular Hbond substituents is 1. The third-order valence-corrected chi connectivity index (χ3v) is 9.18. The Morgan fingerprint density at radius 1 is 1.19 bits per heavy atom. The number of amides is 1. The molecule has 0 unspecified atom stereocenters. The van der Waals surface area contributed by atoms with Crippen molar-refractivity contribution in [2.75, 3.05) is 27.2 Å². The number of hydrogen-bond donors (Lipinski definition) is 6. The summed E-state index contributed by atoms with van der Waals surface area (Å²) in [6, 6.07) is 10.1. The summed E-state index contributed by atoms with van der Waals surface area (Å²) in [4.78, 5) is 29.7. The SMILES string of the molecule is CCN(CCc1ccccc1)Cc1cc(O)c2c(c1F)C[C@H]1C[C@H]3[C@H](N(C)C)C(O)=C(C(N)=O)C(=N)[C@@]3(O)C(=O)C1=C2O.